The van der Waals surface area contributed by atoms with Gasteiger partial charge in [0.1, 0.15) is 11.5 Å². The Bertz CT molecular complexity index is 378. The normalized spacial score (nSPS) is 10.2. The van der Waals surface area contributed by atoms with E-state index < -0.39 is 0 Å². The third-order valence-electron chi connectivity index (χ3n) is 1.98. The zero-order chi connectivity index (χ0) is 9.10. The van der Waals surface area contributed by atoms with Gasteiger partial charge in [0.2, 0.25) is 0 Å². The molecule has 0 spiro atoms. The highest BCUT2D eigenvalue weighted by atomic mass is 16.5. The fourth-order valence-electron chi connectivity index (χ4n) is 1.22. The van der Waals surface area contributed by atoms with Gasteiger partial charge in [-0.05, 0) is 0 Å². The molecule has 1 aromatic carbocycles. The molecule has 2 nitrogen and oxygen atoms in total. The van der Waals surface area contributed by atoms with E-state index in [-0.39, 0.29) is 0 Å². The van der Waals surface area contributed by atoms with E-state index in [1.54, 1.807) is 0 Å². The molecule has 66 valence electrons. The summed E-state index contributed by atoms with van der Waals surface area (Å²) in [6.07, 6.45) is 0.889. The minimum atomic E-state index is 0.889. The number of hydrogen-bond donors (Lipinski definition) is 0. The summed E-state index contributed by atoms with van der Waals surface area (Å²) in [5, 5.41) is 3.98. The average Bonchev–Trinajstić information content (AvgIpc) is 2.67. The van der Waals surface area contributed by atoms with E-state index in [2.05, 4.69) is 12.1 Å². The van der Waals surface area contributed by atoms with Crippen LogP contribution in [-0.2, 0) is 6.42 Å². The van der Waals surface area contributed by atoms with Crippen LogP contribution in [0.15, 0.2) is 40.9 Å². The molecule has 0 N–H and O–H groups in total. The summed E-state index contributed by atoms with van der Waals surface area (Å²) in [5.74, 6) is 0.929. The minimum Gasteiger partial charge on any atom is -0.361 e. The highest BCUT2D eigenvalue weighted by Gasteiger charge is 2.03. The van der Waals surface area contributed by atoms with Crippen LogP contribution in [0, 0.1) is 0 Å². The zero-order valence-corrected chi connectivity index (χ0v) is 7.53. The van der Waals surface area contributed by atoms with E-state index in [1.165, 1.54) is 0 Å². The summed E-state index contributed by atoms with van der Waals surface area (Å²) in [4.78, 5) is 0. The fraction of sp³-hybridized carbons (Fsp3) is 0.182. The zero-order valence-electron chi connectivity index (χ0n) is 7.53. The van der Waals surface area contributed by atoms with Crippen molar-refractivity contribution in [3.8, 4) is 11.3 Å². The number of aryl methyl sites for hydroxylation is 1. The standard InChI is InChI=1S/C11H11NO/c1-2-10-8-11(12-13-10)9-6-4-3-5-7-9/h3-8H,2H2,1H3. The molecular formula is C11H11NO. The molecule has 13 heavy (non-hydrogen) atoms. The largest absolute Gasteiger partial charge is 0.361 e. The van der Waals surface area contributed by atoms with Crippen LogP contribution in [0.1, 0.15) is 12.7 Å². The first-order chi connectivity index (χ1) is 6.40. The van der Waals surface area contributed by atoms with Crippen molar-refractivity contribution in [3.63, 3.8) is 0 Å². The first-order valence-corrected chi connectivity index (χ1v) is 4.41. The van der Waals surface area contributed by atoms with Gasteiger partial charge in [-0.3, -0.25) is 0 Å². The molecule has 0 saturated heterocycles. The molecule has 0 aliphatic carbocycles. The molecule has 0 aliphatic heterocycles. The molecule has 0 radical (unpaired) electrons. The van der Waals surface area contributed by atoms with Gasteiger partial charge in [-0.2, -0.15) is 0 Å². The number of nitrogens with zero attached hydrogens (tertiary/aromatic N) is 1. The van der Waals surface area contributed by atoms with Gasteiger partial charge in [-0.15, -0.1) is 0 Å². The van der Waals surface area contributed by atoms with Crippen molar-refractivity contribution < 1.29 is 4.52 Å². The second kappa shape index (κ2) is 3.44. The van der Waals surface area contributed by atoms with E-state index >= 15 is 0 Å². The molecule has 2 aromatic rings. The van der Waals surface area contributed by atoms with Crippen molar-refractivity contribution in [2.75, 3.05) is 0 Å². The van der Waals surface area contributed by atoms with Gasteiger partial charge in [-0.25, -0.2) is 0 Å². The van der Waals surface area contributed by atoms with Gasteiger partial charge < -0.3 is 4.52 Å². The van der Waals surface area contributed by atoms with E-state index in [0.29, 0.717) is 0 Å². The lowest BCUT2D eigenvalue weighted by atomic mass is 10.1. The summed E-state index contributed by atoms with van der Waals surface area (Å²) in [6.45, 7) is 2.05. The van der Waals surface area contributed by atoms with Gasteiger partial charge in [-0.1, -0.05) is 42.4 Å². The summed E-state index contributed by atoms with van der Waals surface area (Å²) in [7, 11) is 0. The molecule has 0 fully saturated rings. The summed E-state index contributed by atoms with van der Waals surface area (Å²) < 4.78 is 5.12. The third kappa shape index (κ3) is 1.61. The van der Waals surface area contributed by atoms with Crippen LogP contribution >= 0.6 is 0 Å². The molecule has 0 saturated carbocycles. The predicted octanol–water partition coefficient (Wildman–Crippen LogP) is 2.90. The maximum atomic E-state index is 5.12. The van der Waals surface area contributed by atoms with Crippen molar-refractivity contribution in [1.82, 2.24) is 5.16 Å². The van der Waals surface area contributed by atoms with Crippen LogP contribution < -0.4 is 0 Å². The molecule has 1 heterocycles. The Balaban J connectivity index is 2.36. The van der Waals surface area contributed by atoms with Crippen LogP contribution in [-0.4, -0.2) is 5.16 Å². The quantitative estimate of drug-likeness (QED) is 0.697. The molecule has 2 heteroatoms. The van der Waals surface area contributed by atoms with E-state index in [1.807, 2.05) is 36.4 Å². The van der Waals surface area contributed by atoms with Crippen molar-refractivity contribution in [1.29, 1.82) is 0 Å². The Kier molecular flexibility index (Phi) is 2.13. The molecule has 0 unspecified atom stereocenters. The van der Waals surface area contributed by atoms with Gasteiger partial charge in [0, 0.05) is 18.1 Å². The molecule has 0 amide bonds. The predicted molar refractivity (Wildman–Crippen MR) is 51.3 cm³/mol. The smallest absolute Gasteiger partial charge is 0.137 e. The van der Waals surface area contributed by atoms with Crippen LogP contribution in [0.25, 0.3) is 11.3 Å². The van der Waals surface area contributed by atoms with Crippen molar-refractivity contribution in [2.24, 2.45) is 0 Å². The van der Waals surface area contributed by atoms with Crippen LogP contribution in [0.5, 0.6) is 0 Å². The average molecular weight is 173 g/mol. The fourth-order valence-corrected chi connectivity index (χ4v) is 1.22. The van der Waals surface area contributed by atoms with Gasteiger partial charge >= 0.3 is 0 Å². The van der Waals surface area contributed by atoms with E-state index in [9.17, 15) is 0 Å². The monoisotopic (exact) mass is 173 g/mol. The Hall–Kier alpha value is -1.57. The third-order valence-corrected chi connectivity index (χ3v) is 1.98. The SMILES string of the molecule is CCc1cc(-c2ccccc2)no1. The Morgan fingerprint density at radius 3 is 2.62 bits per heavy atom. The van der Waals surface area contributed by atoms with Gasteiger partial charge in [0.25, 0.3) is 0 Å². The lowest BCUT2D eigenvalue weighted by Gasteiger charge is -1.91. The van der Waals surface area contributed by atoms with Crippen LogP contribution in [0.3, 0.4) is 0 Å². The Labute approximate surface area is 77.2 Å². The second-order valence-electron chi connectivity index (χ2n) is 2.90. The molecule has 2 rings (SSSR count). The second-order valence-corrected chi connectivity index (χ2v) is 2.90. The number of hydrogen-bond acceptors (Lipinski definition) is 2. The van der Waals surface area contributed by atoms with E-state index in [4.69, 9.17) is 4.52 Å². The first-order valence-electron chi connectivity index (χ1n) is 4.41. The molecule has 0 bridgehead atoms. The van der Waals surface area contributed by atoms with Crippen molar-refractivity contribution >= 4 is 0 Å². The molecule has 0 aliphatic rings. The van der Waals surface area contributed by atoms with Crippen molar-refractivity contribution in [3.05, 3.63) is 42.2 Å². The molecule has 0 atom stereocenters. The van der Waals surface area contributed by atoms with Gasteiger partial charge in [0.05, 0.1) is 0 Å². The lowest BCUT2D eigenvalue weighted by molar-refractivity contribution is 0.389. The summed E-state index contributed by atoms with van der Waals surface area (Å²) in [5.41, 5.74) is 2.02. The number of aromatic nitrogens is 1. The van der Waals surface area contributed by atoms with Crippen molar-refractivity contribution in [2.45, 2.75) is 13.3 Å². The minimum absolute atomic E-state index is 0.889. The molecular weight excluding hydrogens is 162 g/mol. The highest BCUT2D eigenvalue weighted by Crippen LogP contribution is 2.18. The topological polar surface area (TPSA) is 26.0 Å². The lowest BCUT2D eigenvalue weighted by Crippen LogP contribution is -1.74. The summed E-state index contributed by atoms with van der Waals surface area (Å²) >= 11 is 0. The van der Waals surface area contributed by atoms with Crippen LogP contribution in [0.2, 0.25) is 0 Å². The summed E-state index contributed by atoms with van der Waals surface area (Å²) in [6, 6.07) is 12.0. The molecule has 1 aromatic heterocycles. The van der Waals surface area contributed by atoms with Gasteiger partial charge in [0.15, 0.2) is 0 Å². The first kappa shape index (κ1) is 8.05. The number of rotatable bonds is 2. The van der Waals surface area contributed by atoms with E-state index in [0.717, 1.165) is 23.4 Å². The maximum Gasteiger partial charge on any atom is 0.137 e. The number of benzene rings is 1. The Morgan fingerprint density at radius 1 is 1.23 bits per heavy atom. The maximum absolute atomic E-state index is 5.12. The Morgan fingerprint density at radius 2 is 2.00 bits per heavy atom. The highest BCUT2D eigenvalue weighted by molar-refractivity contribution is 5.58. The van der Waals surface area contributed by atoms with Crippen LogP contribution in [0.4, 0.5) is 0 Å².